The van der Waals surface area contributed by atoms with Crippen LogP contribution in [0.4, 0.5) is 4.39 Å². The number of ether oxygens (including phenoxy) is 2. The van der Waals surface area contributed by atoms with Gasteiger partial charge in [0.1, 0.15) is 11.5 Å². The van der Waals surface area contributed by atoms with Gasteiger partial charge in [-0.3, -0.25) is 9.89 Å². The minimum absolute atomic E-state index is 0.151. The highest BCUT2D eigenvalue weighted by Gasteiger charge is 2.42. The number of rotatable bonds is 4. The zero-order valence-corrected chi connectivity index (χ0v) is 16.9. The second kappa shape index (κ2) is 7.23. The van der Waals surface area contributed by atoms with E-state index in [1.54, 1.807) is 17.0 Å². The molecule has 6 nitrogen and oxygen atoms in total. The van der Waals surface area contributed by atoms with Crippen molar-refractivity contribution in [2.45, 2.75) is 12.6 Å². The minimum Gasteiger partial charge on any atom is -0.454 e. The van der Waals surface area contributed by atoms with E-state index in [1.165, 1.54) is 12.1 Å². The van der Waals surface area contributed by atoms with Crippen molar-refractivity contribution in [2.24, 2.45) is 0 Å². The summed E-state index contributed by atoms with van der Waals surface area (Å²) in [6.07, 6.45) is 0. The summed E-state index contributed by atoms with van der Waals surface area (Å²) in [4.78, 5) is 15.2. The molecule has 0 spiro atoms. The Labute approximate surface area is 183 Å². The van der Waals surface area contributed by atoms with Crippen LogP contribution in [0.15, 0.2) is 72.8 Å². The Morgan fingerprint density at radius 1 is 1.00 bits per heavy atom. The van der Waals surface area contributed by atoms with Crippen molar-refractivity contribution in [1.29, 1.82) is 0 Å². The molecule has 0 aliphatic carbocycles. The summed E-state index contributed by atoms with van der Waals surface area (Å²) in [5.41, 5.74) is 4.62. The Hall–Kier alpha value is -4.13. The summed E-state index contributed by atoms with van der Waals surface area (Å²) in [5, 5.41) is 7.40. The molecule has 4 aromatic rings. The molecule has 0 fully saturated rings. The zero-order chi connectivity index (χ0) is 21.7. The van der Waals surface area contributed by atoms with Crippen LogP contribution in [0.5, 0.6) is 11.5 Å². The highest BCUT2D eigenvalue weighted by atomic mass is 19.1. The van der Waals surface area contributed by atoms with Crippen molar-refractivity contribution in [3.8, 4) is 22.8 Å². The molecule has 1 atom stereocenters. The van der Waals surface area contributed by atoms with Gasteiger partial charge >= 0.3 is 0 Å². The van der Waals surface area contributed by atoms with E-state index in [2.05, 4.69) is 10.2 Å². The van der Waals surface area contributed by atoms with Gasteiger partial charge in [-0.15, -0.1) is 0 Å². The highest BCUT2D eigenvalue weighted by Crippen LogP contribution is 2.44. The number of carbonyl (C=O) groups excluding carboxylic acids is 1. The Morgan fingerprint density at radius 3 is 2.59 bits per heavy atom. The highest BCUT2D eigenvalue weighted by molar-refractivity contribution is 6.00. The largest absolute Gasteiger partial charge is 0.454 e. The van der Waals surface area contributed by atoms with Gasteiger partial charge in [0.25, 0.3) is 5.91 Å². The normalized spacial score (nSPS) is 16.5. The molecule has 7 heteroatoms. The summed E-state index contributed by atoms with van der Waals surface area (Å²) in [6, 6.07) is 21.3. The third kappa shape index (κ3) is 2.93. The number of aromatic amines is 1. The van der Waals surface area contributed by atoms with Crippen LogP contribution < -0.4 is 9.47 Å². The molecule has 6 rings (SSSR count). The summed E-state index contributed by atoms with van der Waals surface area (Å²) in [5.74, 6) is 0.882. The first-order valence-electron chi connectivity index (χ1n) is 10.3. The lowest BCUT2D eigenvalue weighted by Gasteiger charge is -2.26. The Balaban J connectivity index is 1.46. The molecule has 2 aliphatic rings. The van der Waals surface area contributed by atoms with E-state index in [4.69, 9.17) is 9.47 Å². The standard InChI is InChI=1S/C25H18FN3O3/c26-18-9-7-17(8-10-18)24-21-22(16-4-2-1-3-5-16)27-28-23(21)25(30)29(24)13-15-6-11-19-20(12-15)32-14-31-19/h1-12,24H,13-14H2,(H,27,28). The van der Waals surface area contributed by atoms with E-state index >= 15 is 0 Å². The second-order valence-electron chi connectivity index (χ2n) is 7.80. The van der Waals surface area contributed by atoms with Crippen molar-refractivity contribution >= 4 is 5.91 Å². The van der Waals surface area contributed by atoms with E-state index in [9.17, 15) is 9.18 Å². The molecular formula is C25H18FN3O3. The fourth-order valence-electron chi connectivity index (χ4n) is 4.40. The first-order chi connectivity index (χ1) is 15.7. The lowest BCUT2D eigenvalue weighted by atomic mass is 9.96. The lowest BCUT2D eigenvalue weighted by Crippen LogP contribution is -2.29. The van der Waals surface area contributed by atoms with E-state index in [0.29, 0.717) is 23.7 Å². The Morgan fingerprint density at radius 2 is 1.78 bits per heavy atom. The summed E-state index contributed by atoms with van der Waals surface area (Å²) in [6.45, 7) is 0.546. The van der Waals surface area contributed by atoms with Crippen LogP contribution in [0.2, 0.25) is 0 Å². The van der Waals surface area contributed by atoms with Gasteiger partial charge in [0.15, 0.2) is 11.5 Å². The van der Waals surface area contributed by atoms with Gasteiger partial charge in [0, 0.05) is 17.7 Å². The maximum absolute atomic E-state index is 13.7. The molecule has 0 saturated heterocycles. The van der Waals surface area contributed by atoms with E-state index in [1.807, 2.05) is 48.5 Å². The van der Waals surface area contributed by atoms with Gasteiger partial charge in [0.2, 0.25) is 6.79 Å². The van der Waals surface area contributed by atoms with E-state index < -0.39 is 6.04 Å². The number of halogens is 1. The molecule has 0 bridgehead atoms. The number of fused-ring (bicyclic) bond motifs is 2. The van der Waals surface area contributed by atoms with Crippen molar-refractivity contribution in [3.05, 3.63) is 101 Å². The van der Waals surface area contributed by atoms with Crippen LogP contribution in [-0.4, -0.2) is 27.8 Å². The molecule has 0 radical (unpaired) electrons. The number of amides is 1. The lowest BCUT2D eigenvalue weighted by molar-refractivity contribution is 0.0730. The SMILES string of the molecule is O=C1c2[nH]nc(-c3ccccc3)c2C(c2ccc(F)cc2)N1Cc1ccc2c(c1)OCO2. The van der Waals surface area contributed by atoms with E-state index in [-0.39, 0.29) is 18.5 Å². The monoisotopic (exact) mass is 427 g/mol. The molecule has 1 unspecified atom stereocenters. The van der Waals surface area contributed by atoms with Gasteiger partial charge in [-0.05, 0) is 35.4 Å². The number of hydrogen-bond donors (Lipinski definition) is 1. The van der Waals surface area contributed by atoms with E-state index in [0.717, 1.165) is 27.9 Å². The third-order valence-electron chi connectivity index (χ3n) is 5.89. The number of nitrogens with zero attached hydrogens (tertiary/aromatic N) is 2. The van der Waals surface area contributed by atoms with Gasteiger partial charge in [0.05, 0.1) is 11.7 Å². The van der Waals surface area contributed by atoms with Gasteiger partial charge < -0.3 is 14.4 Å². The number of aromatic nitrogens is 2. The first-order valence-corrected chi connectivity index (χ1v) is 10.3. The van der Waals surface area contributed by atoms with Gasteiger partial charge in [-0.2, -0.15) is 5.10 Å². The van der Waals surface area contributed by atoms with Crippen LogP contribution in [0.3, 0.4) is 0 Å². The molecule has 158 valence electrons. The molecule has 3 heterocycles. The molecule has 1 N–H and O–H groups in total. The van der Waals surface area contributed by atoms with Crippen LogP contribution in [0.1, 0.15) is 33.2 Å². The average Bonchev–Trinajstić information content (AvgIpc) is 3.52. The Bertz CT molecular complexity index is 1320. The van der Waals surface area contributed by atoms with Crippen LogP contribution in [-0.2, 0) is 6.54 Å². The van der Waals surface area contributed by atoms with Gasteiger partial charge in [-0.1, -0.05) is 48.5 Å². The van der Waals surface area contributed by atoms with Crippen molar-refractivity contribution in [1.82, 2.24) is 15.1 Å². The average molecular weight is 427 g/mol. The fraction of sp³-hybridized carbons (Fsp3) is 0.120. The molecule has 0 saturated carbocycles. The number of H-pyrrole nitrogens is 1. The second-order valence-corrected chi connectivity index (χ2v) is 7.80. The topological polar surface area (TPSA) is 67.5 Å². The van der Waals surface area contributed by atoms with Crippen molar-refractivity contribution < 1.29 is 18.7 Å². The maximum Gasteiger partial charge on any atom is 0.273 e. The number of carbonyl (C=O) groups is 1. The first kappa shape index (κ1) is 18.6. The fourth-order valence-corrected chi connectivity index (χ4v) is 4.40. The number of benzene rings is 3. The Kier molecular flexibility index (Phi) is 4.21. The molecular weight excluding hydrogens is 409 g/mol. The predicted molar refractivity (Wildman–Crippen MR) is 115 cm³/mol. The summed E-state index contributed by atoms with van der Waals surface area (Å²) in [7, 11) is 0. The predicted octanol–water partition coefficient (Wildman–Crippen LogP) is 4.69. The molecule has 1 amide bonds. The molecule has 32 heavy (non-hydrogen) atoms. The smallest absolute Gasteiger partial charge is 0.273 e. The molecule has 2 aliphatic heterocycles. The van der Waals surface area contributed by atoms with Crippen molar-refractivity contribution in [2.75, 3.05) is 6.79 Å². The third-order valence-corrected chi connectivity index (χ3v) is 5.89. The van der Waals surface area contributed by atoms with Gasteiger partial charge in [-0.25, -0.2) is 4.39 Å². The molecule has 3 aromatic carbocycles. The van der Waals surface area contributed by atoms with Crippen LogP contribution >= 0.6 is 0 Å². The molecule has 1 aromatic heterocycles. The number of hydrogen-bond acceptors (Lipinski definition) is 4. The minimum atomic E-state index is -0.405. The van der Waals surface area contributed by atoms with Crippen LogP contribution in [0, 0.1) is 5.82 Å². The zero-order valence-electron chi connectivity index (χ0n) is 16.9. The summed E-state index contributed by atoms with van der Waals surface area (Å²) >= 11 is 0. The summed E-state index contributed by atoms with van der Waals surface area (Å²) < 4.78 is 24.6. The van der Waals surface area contributed by atoms with Crippen molar-refractivity contribution in [3.63, 3.8) is 0 Å². The van der Waals surface area contributed by atoms with Crippen LogP contribution in [0.25, 0.3) is 11.3 Å². The maximum atomic E-state index is 13.7. The number of nitrogens with one attached hydrogen (secondary N) is 1. The quantitative estimate of drug-likeness (QED) is 0.513.